The van der Waals surface area contributed by atoms with Crippen LogP contribution in [0.1, 0.15) is 5.56 Å². The molecule has 18 heavy (non-hydrogen) atoms. The van der Waals surface area contributed by atoms with Crippen molar-refractivity contribution in [3.05, 3.63) is 50.7 Å². The summed E-state index contributed by atoms with van der Waals surface area (Å²) in [7, 11) is 1.91. The third kappa shape index (κ3) is 2.73. The minimum atomic E-state index is -0.390. The largest absolute Gasteiger partial charge is 0.329 e. The molecule has 2 rings (SSSR count). The fraction of sp³-hybridized carbons (Fsp3) is 0.182. The van der Waals surface area contributed by atoms with E-state index in [1.165, 1.54) is 6.07 Å². The summed E-state index contributed by atoms with van der Waals surface area (Å²) in [6.45, 7) is 0. The molecule has 1 aromatic carbocycles. The number of hydrogen-bond acceptors (Lipinski definition) is 4. The summed E-state index contributed by atoms with van der Waals surface area (Å²) in [5, 5.41) is 11.7. The Balaban J connectivity index is 2.17. The highest BCUT2D eigenvalue weighted by molar-refractivity contribution is 9.10. The normalized spacial score (nSPS) is 10.6. The monoisotopic (exact) mass is 327 g/mol. The highest BCUT2D eigenvalue weighted by atomic mass is 79.9. The molecular weight excluding hydrogens is 318 g/mol. The average Bonchev–Trinajstić information content (AvgIpc) is 2.73. The summed E-state index contributed by atoms with van der Waals surface area (Å²) in [4.78, 5) is 14.6. The van der Waals surface area contributed by atoms with Gasteiger partial charge in [0.05, 0.1) is 9.40 Å². The van der Waals surface area contributed by atoms with Gasteiger partial charge in [-0.1, -0.05) is 23.9 Å². The van der Waals surface area contributed by atoms with Crippen LogP contribution in [0.4, 0.5) is 5.69 Å². The van der Waals surface area contributed by atoms with Crippen molar-refractivity contribution in [2.75, 3.05) is 0 Å². The second-order valence-corrected chi connectivity index (χ2v) is 5.35. The topological polar surface area (TPSA) is 61.0 Å². The van der Waals surface area contributed by atoms with E-state index >= 15 is 0 Å². The van der Waals surface area contributed by atoms with Gasteiger partial charge in [-0.2, -0.15) is 0 Å². The van der Waals surface area contributed by atoms with E-state index in [2.05, 4.69) is 20.9 Å². The van der Waals surface area contributed by atoms with Crippen LogP contribution in [0.2, 0.25) is 0 Å². The Morgan fingerprint density at radius 2 is 2.33 bits per heavy atom. The number of rotatable bonds is 4. The molecular formula is C11H10BrN3O2S. The Bertz CT molecular complexity index is 585. The van der Waals surface area contributed by atoms with Gasteiger partial charge in [-0.25, -0.2) is 4.98 Å². The van der Waals surface area contributed by atoms with Gasteiger partial charge >= 0.3 is 0 Å². The maximum Gasteiger partial charge on any atom is 0.283 e. The lowest BCUT2D eigenvalue weighted by Gasteiger charge is -2.04. The van der Waals surface area contributed by atoms with Gasteiger partial charge in [0.25, 0.3) is 5.69 Å². The molecule has 0 saturated carbocycles. The van der Waals surface area contributed by atoms with Crippen LogP contribution in [-0.2, 0) is 12.8 Å². The van der Waals surface area contributed by atoms with Gasteiger partial charge in [-0.3, -0.25) is 10.1 Å². The maximum atomic E-state index is 10.8. The minimum Gasteiger partial charge on any atom is -0.329 e. The van der Waals surface area contributed by atoms with Gasteiger partial charge in [0.15, 0.2) is 5.16 Å². The Morgan fingerprint density at radius 1 is 1.56 bits per heavy atom. The lowest BCUT2D eigenvalue weighted by molar-refractivity contribution is -0.385. The van der Waals surface area contributed by atoms with Crippen LogP contribution in [0, 0.1) is 10.1 Å². The van der Waals surface area contributed by atoms with Crippen molar-refractivity contribution in [2.45, 2.75) is 10.9 Å². The van der Waals surface area contributed by atoms with Crippen molar-refractivity contribution in [1.82, 2.24) is 9.55 Å². The van der Waals surface area contributed by atoms with E-state index in [0.29, 0.717) is 10.2 Å². The van der Waals surface area contributed by atoms with Crippen LogP contribution in [0.3, 0.4) is 0 Å². The fourth-order valence-electron chi connectivity index (χ4n) is 1.45. The first kappa shape index (κ1) is 13.1. The summed E-state index contributed by atoms with van der Waals surface area (Å²) < 4.78 is 2.45. The number of halogens is 1. The van der Waals surface area contributed by atoms with Crippen molar-refractivity contribution in [1.29, 1.82) is 0 Å². The Hall–Kier alpha value is -1.34. The first-order chi connectivity index (χ1) is 8.59. The lowest BCUT2D eigenvalue weighted by Crippen LogP contribution is -1.94. The van der Waals surface area contributed by atoms with E-state index in [1.54, 1.807) is 24.0 Å². The second kappa shape index (κ2) is 5.53. The number of aryl methyl sites for hydroxylation is 1. The van der Waals surface area contributed by atoms with E-state index in [4.69, 9.17) is 0 Å². The van der Waals surface area contributed by atoms with Crippen molar-refractivity contribution < 1.29 is 4.92 Å². The zero-order valence-corrected chi connectivity index (χ0v) is 11.9. The number of nitro groups is 1. The van der Waals surface area contributed by atoms with Crippen LogP contribution in [0.5, 0.6) is 0 Å². The highest BCUT2D eigenvalue weighted by Crippen LogP contribution is 2.32. The summed E-state index contributed by atoms with van der Waals surface area (Å²) >= 11 is 4.82. The van der Waals surface area contributed by atoms with E-state index in [0.717, 1.165) is 10.7 Å². The van der Waals surface area contributed by atoms with E-state index < -0.39 is 0 Å². The molecule has 0 aliphatic heterocycles. The Morgan fingerprint density at radius 3 is 2.94 bits per heavy atom. The molecule has 94 valence electrons. The SMILES string of the molecule is Cn1ccnc1SCc1cccc([N+](=O)[O-])c1Br. The van der Waals surface area contributed by atoms with Gasteiger partial charge < -0.3 is 4.57 Å². The quantitative estimate of drug-likeness (QED) is 0.490. The minimum absolute atomic E-state index is 0.0907. The van der Waals surface area contributed by atoms with Crippen LogP contribution in [-0.4, -0.2) is 14.5 Å². The van der Waals surface area contributed by atoms with Gasteiger partial charge in [0.2, 0.25) is 0 Å². The molecule has 0 N–H and O–H groups in total. The van der Waals surface area contributed by atoms with Crippen LogP contribution < -0.4 is 0 Å². The number of aromatic nitrogens is 2. The Labute approximate surface area is 117 Å². The average molecular weight is 328 g/mol. The molecule has 0 atom stereocenters. The number of nitro benzene ring substituents is 1. The standard InChI is InChI=1S/C11H10BrN3O2S/c1-14-6-5-13-11(14)18-7-8-3-2-4-9(10(8)12)15(16)17/h2-6H,7H2,1H3. The smallest absolute Gasteiger partial charge is 0.283 e. The maximum absolute atomic E-state index is 10.8. The summed E-state index contributed by atoms with van der Waals surface area (Å²) in [6, 6.07) is 5.04. The molecule has 1 aromatic heterocycles. The van der Waals surface area contributed by atoms with Crippen molar-refractivity contribution >= 4 is 33.4 Å². The van der Waals surface area contributed by atoms with E-state index in [-0.39, 0.29) is 10.6 Å². The fourth-order valence-corrected chi connectivity index (χ4v) is 3.11. The van der Waals surface area contributed by atoms with Crippen LogP contribution >= 0.6 is 27.7 Å². The predicted octanol–water partition coefficient (Wildman–Crippen LogP) is 3.38. The molecule has 0 amide bonds. The summed E-state index contributed by atoms with van der Waals surface area (Å²) in [6.07, 6.45) is 3.59. The molecule has 0 fully saturated rings. The highest BCUT2D eigenvalue weighted by Gasteiger charge is 2.15. The molecule has 5 nitrogen and oxygen atoms in total. The number of nitrogens with zero attached hydrogens (tertiary/aromatic N) is 3. The molecule has 0 aliphatic carbocycles. The molecule has 0 aliphatic rings. The molecule has 0 unspecified atom stereocenters. The van der Waals surface area contributed by atoms with Gasteiger partial charge in [0, 0.05) is 31.3 Å². The summed E-state index contributed by atoms with van der Waals surface area (Å²) in [5.74, 6) is 0.632. The molecule has 0 bridgehead atoms. The lowest BCUT2D eigenvalue weighted by atomic mass is 10.2. The molecule has 0 saturated heterocycles. The molecule has 2 aromatic rings. The van der Waals surface area contributed by atoms with E-state index in [9.17, 15) is 10.1 Å². The predicted molar refractivity (Wildman–Crippen MR) is 73.6 cm³/mol. The van der Waals surface area contributed by atoms with Crippen LogP contribution in [0.15, 0.2) is 40.2 Å². The van der Waals surface area contributed by atoms with Gasteiger partial charge in [-0.15, -0.1) is 0 Å². The van der Waals surface area contributed by atoms with Crippen LogP contribution in [0.25, 0.3) is 0 Å². The molecule has 7 heteroatoms. The van der Waals surface area contributed by atoms with Gasteiger partial charge in [0.1, 0.15) is 0 Å². The summed E-state index contributed by atoms with van der Waals surface area (Å²) in [5.41, 5.74) is 0.977. The number of imidazole rings is 1. The third-order valence-electron chi connectivity index (χ3n) is 2.39. The van der Waals surface area contributed by atoms with Crippen molar-refractivity contribution in [2.24, 2.45) is 7.05 Å². The van der Waals surface area contributed by atoms with Crippen molar-refractivity contribution in [3.63, 3.8) is 0 Å². The van der Waals surface area contributed by atoms with E-state index in [1.807, 2.05) is 23.9 Å². The molecule has 0 radical (unpaired) electrons. The zero-order chi connectivity index (χ0) is 13.1. The van der Waals surface area contributed by atoms with Crippen molar-refractivity contribution in [3.8, 4) is 0 Å². The zero-order valence-electron chi connectivity index (χ0n) is 9.54. The Kier molecular flexibility index (Phi) is 4.03. The number of hydrogen-bond donors (Lipinski definition) is 0. The second-order valence-electron chi connectivity index (χ2n) is 3.62. The third-order valence-corrected chi connectivity index (χ3v) is 4.41. The first-order valence-electron chi connectivity index (χ1n) is 5.11. The van der Waals surface area contributed by atoms with Gasteiger partial charge in [-0.05, 0) is 21.5 Å². The molecule has 0 spiro atoms. The first-order valence-corrected chi connectivity index (χ1v) is 6.89. The number of benzene rings is 1. The number of thioether (sulfide) groups is 1. The molecule has 1 heterocycles.